The van der Waals surface area contributed by atoms with Gasteiger partial charge in [-0.3, -0.25) is 9.69 Å². The molecule has 0 aromatic heterocycles. The van der Waals surface area contributed by atoms with E-state index >= 15 is 0 Å². The van der Waals surface area contributed by atoms with Gasteiger partial charge in [-0.15, -0.1) is 0 Å². The summed E-state index contributed by atoms with van der Waals surface area (Å²) in [5.74, 6) is 1.50. The first-order valence-corrected chi connectivity index (χ1v) is 11.1. The van der Waals surface area contributed by atoms with E-state index < -0.39 is 9.84 Å². The molecule has 3 rings (SSSR count). The Kier molecular flexibility index (Phi) is 6.19. The minimum absolute atomic E-state index is 0.0674. The lowest BCUT2D eigenvalue weighted by atomic mass is 10.0. The van der Waals surface area contributed by atoms with Gasteiger partial charge < -0.3 is 10.1 Å². The average Bonchev–Trinajstić information content (AvgIpc) is 3.00. The molecule has 1 N–H and O–H groups in total. The number of hydrogen-bond acceptors (Lipinski definition) is 5. The number of ether oxygens (including phenoxy) is 1. The van der Waals surface area contributed by atoms with Crippen LogP contribution in [0.5, 0.6) is 5.75 Å². The van der Waals surface area contributed by atoms with E-state index in [4.69, 9.17) is 4.74 Å². The number of amides is 1. The molecule has 2 fully saturated rings. The molecule has 0 unspecified atom stereocenters. The van der Waals surface area contributed by atoms with Crippen molar-refractivity contribution in [1.29, 1.82) is 0 Å². The van der Waals surface area contributed by atoms with Crippen LogP contribution in [-0.2, 0) is 21.1 Å². The van der Waals surface area contributed by atoms with E-state index in [0.717, 1.165) is 43.7 Å². The van der Waals surface area contributed by atoms with Crippen LogP contribution in [0.3, 0.4) is 0 Å². The molecule has 0 spiro atoms. The van der Waals surface area contributed by atoms with Crippen molar-refractivity contribution in [3.8, 4) is 5.75 Å². The SMILES string of the molecule is COc1ccccc1CCC(=O)NC1CCN([C@H]2CCS(=O)(=O)C2)CC1. The Morgan fingerprint density at radius 1 is 1.23 bits per heavy atom. The van der Waals surface area contributed by atoms with Gasteiger partial charge in [0.05, 0.1) is 18.6 Å². The molecule has 2 saturated heterocycles. The number of carbonyl (C=O) groups is 1. The summed E-state index contributed by atoms with van der Waals surface area (Å²) in [4.78, 5) is 14.5. The van der Waals surface area contributed by atoms with Gasteiger partial charge in [0.15, 0.2) is 9.84 Å². The lowest BCUT2D eigenvalue weighted by Crippen LogP contribution is -2.48. The maximum Gasteiger partial charge on any atom is 0.220 e. The number of carbonyl (C=O) groups excluding carboxylic acids is 1. The van der Waals surface area contributed by atoms with Crippen LogP contribution in [0.15, 0.2) is 24.3 Å². The summed E-state index contributed by atoms with van der Waals surface area (Å²) in [5, 5.41) is 3.13. The van der Waals surface area contributed by atoms with Crippen LogP contribution >= 0.6 is 0 Å². The average molecular weight is 381 g/mol. The fourth-order valence-electron chi connectivity index (χ4n) is 3.93. The molecule has 1 atom stereocenters. The third-order valence-electron chi connectivity index (χ3n) is 5.43. The quantitative estimate of drug-likeness (QED) is 0.807. The lowest BCUT2D eigenvalue weighted by molar-refractivity contribution is -0.122. The molecule has 0 saturated carbocycles. The van der Waals surface area contributed by atoms with Gasteiger partial charge in [-0.05, 0) is 37.3 Å². The van der Waals surface area contributed by atoms with Crippen LogP contribution in [-0.4, -0.2) is 63.0 Å². The minimum Gasteiger partial charge on any atom is -0.496 e. The van der Waals surface area contributed by atoms with E-state index in [1.165, 1.54) is 0 Å². The number of aryl methyl sites for hydroxylation is 1. The standard InChI is InChI=1S/C19H28N2O4S/c1-25-18-5-3-2-4-15(18)6-7-19(22)20-16-8-11-21(12-9-16)17-10-13-26(23,24)14-17/h2-5,16-17H,6-14H2,1H3,(H,20,22)/t17-/m0/s1. The molecule has 0 radical (unpaired) electrons. The second kappa shape index (κ2) is 8.39. The summed E-state index contributed by atoms with van der Waals surface area (Å²) in [6.45, 7) is 1.72. The second-order valence-corrected chi connectivity index (χ2v) is 9.48. The zero-order valence-corrected chi connectivity index (χ0v) is 16.1. The predicted octanol–water partition coefficient (Wildman–Crippen LogP) is 1.40. The topological polar surface area (TPSA) is 75.7 Å². The lowest BCUT2D eigenvalue weighted by Gasteiger charge is -2.35. The third kappa shape index (κ3) is 4.98. The van der Waals surface area contributed by atoms with E-state index in [1.54, 1.807) is 7.11 Å². The van der Waals surface area contributed by atoms with Crippen molar-refractivity contribution in [2.75, 3.05) is 31.7 Å². The van der Waals surface area contributed by atoms with E-state index in [-0.39, 0.29) is 18.0 Å². The maximum absolute atomic E-state index is 12.3. The van der Waals surface area contributed by atoms with Gasteiger partial charge in [-0.1, -0.05) is 18.2 Å². The van der Waals surface area contributed by atoms with E-state index in [1.807, 2.05) is 24.3 Å². The van der Waals surface area contributed by atoms with Gasteiger partial charge in [-0.25, -0.2) is 8.42 Å². The van der Waals surface area contributed by atoms with E-state index in [0.29, 0.717) is 24.3 Å². The molecule has 7 heteroatoms. The molecule has 2 aliphatic rings. The van der Waals surface area contributed by atoms with Crippen molar-refractivity contribution >= 4 is 15.7 Å². The van der Waals surface area contributed by atoms with Gasteiger partial charge >= 0.3 is 0 Å². The number of hydrogen-bond donors (Lipinski definition) is 1. The Bertz CT molecular complexity index is 727. The molecule has 2 aliphatic heterocycles. The second-order valence-electron chi connectivity index (χ2n) is 7.25. The summed E-state index contributed by atoms with van der Waals surface area (Å²) in [6, 6.07) is 8.13. The maximum atomic E-state index is 12.3. The van der Waals surface area contributed by atoms with Crippen molar-refractivity contribution < 1.29 is 17.9 Å². The van der Waals surface area contributed by atoms with Crippen LogP contribution in [0.4, 0.5) is 0 Å². The first-order chi connectivity index (χ1) is 12.5. The number of benzene rings is 1. The third-order valence-corrected chi connectivity index (χ3v) is 7.18. The van der Waals surface area contributed by atoms with Crippen LogP contribution in [0.25, 0.3) is 0 Å². The molecule has 2 heterocycles. The first-order valence-electron chi connectivity index (χ1n) is 9.32. The Hall–Kier alpha value is -1.60. The highest BCUT2D eigenvalue weighted by molar-refractivity contribution is 7.91. The zero-order valence-electron chi connectivity index (χ0n) is 15.3. The Balaban J connectivity index is 1.41. The number of nitrogens with one attached hydrogen (secondary N) is 1. The molecule has 0 aliphatic carbocycles. The van der Waals surface area contributed by atoms with Crippen molar-refractivity contribution in [2.24, 2.45) is 0 Å². The van der Waals surface area contributed by atoms with E-state index in [9.17, 15) is 13.2 Å². The van der Waals surface area contributed by atoms with Crippen LogP contribution in [0.1, 0.15) is 31.2 Å². The number of likely N-dealkylation sites (tertiary alicyclic amines) is 1. The Morgan fingerprint density at radius 3 is 2.62 bits per heavy atom. The van der Waals surface area contributed by atoms with Gasteiger partial charge in [0.25, 0.3) is 0 Å². The first kappa shape index (κ1) is 19.2. The fraction of sp³-hybridized carbons (Fsp3) is 0.632. The highest BCUT2D eigenvalue weighted by Gasteiger charge is 2.34. The summed E-state index contributed by atoms with van der Waals surface area (Å²) < 4.78 is 28.6. The normalized spacial score (nSPS) is 23.7. The molecule has 26 heavy (non-hydrogen) atoms. The number of sulfone groups is 1. The van der Waals surface area contributed by atoms with Crippen molar-refractivity contribution in [1.82, 2.24) is 10.2 Å². The molecule has 1 amide bonds. The molecule has 6 nitrogen and oxygen atoms in total. The number of methoxy groups -OCH3 is 1. The number of rotatable bonds is 6. The van der Waals surface area contributed by atoms with Crippen LogP contribution < -0.4 is 10.1 Å². The van der Waals surface area contributed by atoms with Crippen LogP contribution in [0, 0.1) is 0 Å². The zero-order chi connectivity index (χ0) is 18.6. The number of piperidine rings is 1. The molecule has 0 bridgehead atoms. The highest BCUT2D eigenvalue weighted by Crippen LogP contribution is 2.22. The Labute approximate surface area is 155 Å². The number of nitrogens with zero attached hydrogens (tertiary/aromatic N) is 1. The number of para-hydroxylation sites is 1. The molecule has 1 aromatic rings. The van der Waals surface area contributed by atoms with Gasteiger partial charge in [0.2, 0.25) is 5.91 Å². The Morgan fingerprint density at radius 2 is 1.96 bits per heavy atom. The fourth-order valence-corrected chi connectivity index (χ4v) is 5.69. The summed E-state index contributed by atoms with van der Waals surface area (Å²) in [6.07, 6.45) is 3.63. The van der Waals surface area contributed by atoms with Gasteiger partial charge in [-0.2, -0.15) is 0 Å². The smallest absolute Gasteiger partial charge is 0.220 e. The minimum atomic E-state index is -2.84. The van der Waals surface area contributed by atoms with Crippen molar-refractivity contribution in [3.05, 3.63) is 29.8 Å². The van der Waals surface area contributed by atoms with Crippen molar-refractivity contribution in [2.45, 2.75) is 44.2 Å². The van der Waals surface area contributed by atoms with Gasteiger partial charge in [0.1, 0.15) is 5.75 Å². The molecule has 1 aromatic carbocycles. The predicted molar refractivity (Wildman–Crippen MR) is 101 cm³/mol. The monoisotopic (exact) mass is 380 g/mol. The molecular weight excluding hydrogens is 352 g/mol. The molecular formula is C19H28N2O4S. The summed E-state index contributed by atoms with van der Waals surface area (Å²) in [7, 11) is -1.20. The largest absolute Gasteiger partial charge is 0.496 e. The van der Waals surface area contributed by atoms with E-state index in [2.05, 4.69) is 10.2 Å². The summed E-state index contributed by atoms with van der Waals surface area (Å²) >= 11 is 0. The highest BCUT2D eigenvalue weighted by atomic mass is 32.2. The van der Waals surface area contributed by atoms with Crippen LogP contribution in [0.2, 0.25) is 0 Å². The van der Waals surface area contributed by atoms with Crippen molar-refractivity contribution in [3.63, 3.8) is 0 Å². The van der Waals surface area contributed by atoms with Gasteiger partial charge in [0, 0.05) is 31.6 Å². The molecule has 144 valence electrons. The summed E-state index contributed by atoms with van der Waals surface area (Å²) in [5.41, 5.74) is 1.04.